The fraction of sp³-hybridized carbons (Fsp3) is 0.529. The standard InChI is InChI=1S/C17H26N4O6S2/c1-13(22)18-14-6-8-16(9-7-14)29(26,27)20(2)12-17(23)19-15-5-4-10-21(11-15)28(3,24)25/h6-9,15H,4-5,10-12H2,1-3H3,(H,18,22)(H,19,23). The topological polar surface area (TPSA) is 133 Å². The highest BCUT2D eigenvalue weighted by Crippen LogP contribution is 2.18. The molecule has 162 valence electrons. The molecule has 2 N–H and O–H groups in total. The average Bonchev–Trinajstić information content (AvgIpc) is 2.61. The summed E-state index contributed by atoms with van der Waals surface area (Å²) >= 11 is 0. The van der Waals surface area contributed by atoms with Gasteiger partial charge in [-0.25, -0.2) is 21.1 Å². The van der Waals surface area contributed by atoms with Crippen LogP contribution in [-0.4, -0.2) is 76.2 Å². The molecule has 0 saturated carbocycles. The van der Waals surface area contributed by atoms with Crippen molar-refractivity contribution in [3.8, 4) is 0 Å². The monoisotopic (exact) mass is 446 g/mol. The van der Waals surface area contributed by atoms with E-state index in [9.17, 15) is 26.4 Å². The molecule has 1 aromatic rings. The van der Waals surface area contributed by atoms with Crippen LogP contribution >= 0.6 is 0 Å². The van der Waals surface area contributed by atoms with Crippen molar-refractivity contribution in [1.82, 2.24) is 13.9 Å². The predicted octanol–water partition coefficient (Wildman–Crippen LogP) is -0.194. The van der Waals surface area contributed by atoms with Crippen LogP contribution in [0, 0.1) is 0 Å². The van der Waals surface area contributed by atoms with Crippen LogP contribution < -0.4 is 10.6 Å². The van der Waals surface area contributed by atoms with E-state index in [1.807, 2.05) is 0 Å². The Labute approximate surface area is 171 Å². The van der Waals surface area contributed by atoms with E-state index in [1.54, 1.807) is 0 Å². The summed E-state index contributed by atoms with van der Waals surface area (Å²) < 4.78 is 50.9. The SMILES string of the molecule is CC(=O)Nc1ccc(S(=O)(=O)N(C)CC(=O)NC2CCCN(S(C)(=O)=O)C2)cc1. The van der Waals surface area contributed by atoms with Gasteiger partial charge in [0.2, 0.25) is 31.9 Å². The van der Waals surface area contributed by atoms with Crippen LogP contribution in [0.25, 0.3) is 0 Å². The van der Waals surface area contributed by atoms with E-state index in [0.29, 0.717) is 25.1 Å². The fourth-order valence-corrected chi connectivity index (χ4v) is 5.05. The van der Waals surface area contributed by atoms with Crippen molar-refractivity contribution in [2.24, 2.45) is 0 Å². The average molecular weight is 447 g/mol. The van der Waals surface area contributed by atoms with Gasteiger partial charge in [-0.15, -0.1) is 0 Å². The second-order valence-electron chi connectivity index (χ2n) is 6.99. The van der Waals surface area contributed by atoms with Crippen molar-refractivity contribution in [3.05, 3.63) is 24.3 Å². The normalized spacial score (nSPS) is 18.4. The van der Waals surface area contributed by atoms with Gasteiger partial charge in [0.25, 0.3) is 0 Å². The molecule has 1 heterocycles. The van der Waals surface area contributed by atoms with Crippen molar-refractivity contribution in [3.63, 3.8) is 0 Å². The van der Waals surface area contributed by atoms with Crippen LogP contribution in [0.5, 0.6) is 0 Å². The lowest BCUT2D eigenvalue weighted by molar-refractivity contribution is -0.122. The van der Waals surface area contributed by atoms with Crippen LogP contribution in [0.15, 0.2) is 29.2 Å². The molecule has 0 bridgehead atoms. The van der Waals surface area contributed by atoms with E-state index in [2.05, 4.69) is 10.6 Å². The molecule has 1 atom stereocenters. The lowest BCUT2D eigenvalue weighted by Gasteiger charge is -2.31. The van der Waals surface area contributed by atoms with Gasteiger partial charge in [0.15, 0.2) is 0 Å². The maximum absolute atomic E-state index is 12.6. The molecule has 0 radical (unpaired) electrons. The third-order valence-electron chi connectivity index (χ3n) is 4.47. The van der Waals surface area contributed by atoms with Crippen molar-refractivity contribution < 1.29 is 26.4 Å². The highest BCUT2D eigenvalue weighted by atomic mass is 32.2. The van der Waals surface area contributed by atoms with Crippen molar-refractivity contribution in [1.29, 1.82) is 0 Å². The van der Waals surface area contributed by atoms with Gasteiger partial charge in [-0.2, -0.15) is 4.31 Å². The number of nitrogens with zero attached hydrogens (tertiary/aromatic N) is 2. The number of benzene rings is 1. The lowest BCUT2D eigenvalue weighted by Crippen LogP contribution is -2.51. The summed E-state index contributed by atoms with van der Waals surface area (Å²) in [7, 11) is -5.95. The van der Waals surface area contributed by atoms with Crippen molar-refractivity contribution in [2.75, 3.05) is 38.3 Å². The van der Waals surface area contributed by atoms with E-state index in [0.717, 1.165) is 10.6 Å². The van der Waals surface area contributed by atoms with Gasteiger partial charge in [-0.1, -0.05) is 0 Å². The van der Waals surface area contributed by atoms with Gasteiger partial charge < -0.3 is 10.6 Å². The van der Waals surface area contributed by atoms with Crippen LogP contribution in [0.1, 0.15) is 19.8 Å². The number of carbonyl (C=O) groups is 2. The van der Waals surface area contributed by atoms with E-state index >= 15 is 0 Å². The summed E-state index contributed by atoms with van der Waals surface area (Å²) in [5, 5.41) is 5.25. The minimum absolute atomic E-state index is 0.0113. The lowest BCUT2D eigenvalue weighted by atomic mass is 10.1. The third-order valence-corrected chi connectivity index (χ3v) is 7.55. The summed E-state index contributed by atoms with van der Waals surface area (Å²) in [5.74, 6) is -0.780. The van der Waals surface area contributed by atoms with E-state index in [4.69, 9.17) is 0 Å². The molecule has 1 aliphatic heterocycles. The van der Waals surface area contributed by atoms with Crippen LogP contribution in [0.2, 0.25) is 0 Å². The summed E-state index contributed by atoms with van der Waals surface area (Å²) in [6.45, 7) is 1.53. The zero-order chi connectivity index (χ0) is 21.8. The molecular formula is C17H26N4O6S2. The van der Waals surface area contributed by atoms with Crippen molar-refractivity contribution >= 4 is 37.5 Å². The highest BCUT2D eigenvalue weighted by molar-refractivity contribution is 7.89. The molecule has 1 aromatic carbocycles. The third kappa shape index (κ3) is 6.49. The van der Waals surface area contributed by atoms with Gasteiger partial charge in [0, 0.05) is 38.8 Å². The molecule has 12 heteroatoms. The van der Waals surface area contributed by atoms with Gasteiger partial charge >= 0.3 is 0 Å². The maximum Gasteiger partial charge on any atom is 0.243 e. The molecule has 1 aliphatic rings. The molecule has 2 rings (SSSR count). The summed E-state index contributed by atoms with van der Waals surface area (Å²) in [6.07, 6.45) is 2.36. The number of nitrogens with one attached hydrogen (secondary N) is 2. The first-order chi connectivity index (χ1) is 13.4. The number of anilines is 1. The first kappa shape index (κ1) is 23.3. The summed E-state index contributed by atoms with van der Waals surface area (Å²) in [4.78, 5) is 23.3. The molecule has 29 heavy (non-hydrogen) atoms. The number of sulfonamides is 2. The Morgan fingerprint density at radius 1 is 1.17 bits per heavy atom. The molecular weight excluding hydrogens is 420 g/mol. The number of carbonyl (C=O) groups excluding carboxylic acids is 2. The Hall–Kier alpha value is -2.02. The van der Waals surface area contributed by atoms with Crippen LogP contribution in [0.4, 0.5) is 5.69 Å². The molecule has 1 saturated heterocycles. The molecule has 0 spiro atoms. The van der Waals surface area contributed by atoms with Crippen LogP contribution in [-0.2, 0) is 29.6 Å². The second kappa shape index (κ2) is 9.20. The second-order valence-corrected chi connectivity index (χ2v) is 11.0. The molecule has 1 fully saturated rings. The fourth-order valence-electron chi connectivity index (χ4n) is 3.02. The maximum atomic E-state index is 12.6. The smallest absolute Gasteiger partial charge is 0.243 e. The molecule has 10 nitrogen and oxygen atoms in total. The Kier molecular flexibility index (Phi) is 7.38. The molecule has 0 aromatic heterocycles. The first-order valence-electron chi connectivity index (χ1n) is 8.98. The van der Waals surface area contributed by atoms with E-state index in [-0.39, 0.29) is 23.4 Å². The summed E-state index contributed by atoms with van der Waals surface area (Å²) in [6, 6.07) is 5.26. The number of piperidine rings is 1. The quantitative estimate of drug-likeness (QED) is 0.596. The Balaban J connectivity index is 1.98. The van der Waals surface area contributed by atoms with Crippen LogP contribution in [0.3, 0.4) is 0 Å². The number of rotatable bonds is 7. The minimum Gasteiger partial charge on any atom is -0.351 e. The Morgan fingerprint density at radius 2 is 1.79 bits per heavy atom. The highest BCUT2D eigenvalue weighted by Gasteiger charge is 2.28. The number of hydrogen-bond donors (Lipinski definition) is 2. The van der Waals surface area contributed by atoms with Gasteiger partial charge in [0.1, 0.15) is 0 Å². The number of hydrogen-bond acceptors (Lipinski definition) is 6. The minimum atomic E-state index is -3.90. The first-order valence-corrected chi connectivity index (χ1v) is 12.3. The largest absolute Gasteiger partial charge is 0.351 e. The predicted molar refractivity (Wildman–Crippen MR) is 108 cm³/mol. The van der Waals surface area contributed by atoms with Gasteiger partial charge in [-0.05, 0) is 37.1 Å². The number of likely N-dealkylation sites (N-methyl/N-ethyl adjacent to an activating group) is 1. The zero-order valence-electron chi connectivity index (χ0n) is 16.6. The molecule has 1 unspecified atom stereocenters. The Bertz CT molecular complexity index is 960. The molecule has 2 amide bonds. The van der Waals surface area contributed by atoms with Gasteiger partial charge in [0.05, 0.1) is 17.7 Å². The van der Waals surface area contributed by atoms with Crippen molar-refractivity contribution in [2.45, 2.75) is 30.7 Å². The number of amides is 2. The van der Waals surface area contributed by atoms with E-state index in [1.165, 1.54) is 42.5 Å². The zero-order valence-corrected chi connectivity index (χ0v) is 18.2. The molecule has 0 aliphatic carbocycles. The summed E-state index contributed by atoms with van der Waals surface area (Å²) in [5.41, 5.74) is 0.463. The van der Waals surface area contributed by atoms with Gasteiger partial charge in [-0.3, -0.25) is 9.59 Å². The van der Waals surface area contributed by atoms with E-state index < -0.39 is 32.5 Å². The Morgan fingerprint density at radius 3 is 2.34 bits per heavy atom.